The van der Waals surface area contributed by atoms with E-state index in [0.717, 1.165) is 6.42 Å². The summed E-state index contributed by atoms with van der Waals surface area (Å²) in [5.74, 6) is -1.09. The van der Waals surface area contributed by atoms with Gasteiger partial charge >= 0.3 is 5.97 Å². The molecule has 5 N–H and O–H groups in total. The van der Waals surface area contributed by atoms with E-state index >= 15 is 0 Å². The summed E-state index contributed by atoms with van der Waals surface area (Å²) in [6.07, 6.45) is 1.22. The zero-order valence-corrected chi connectivity index (χ0v) is 12.7. The quantitative estimate of drug-likeness (QED) is 0.575. The van der Waals surface area contributed by atoms with Gasteiger partial charge in [-0.05, 0) is 38.0 Å². The van der Waals surface area contributed by atoms with Gasteiger partial charge in [0.25, 0.3) is 0 Å². The first kappa shape index (κ1) is 16.8. The second-order valence-corrected chi connectivity index (χ2v) is 5.11. The van der Waals surface area contributed by atoms with Gasteiger partial charge in [0.05, 0.1) is 5.56 Å². The highest BCUT2D eigenvalue weighted by Crippen LogP contribution is 2.22. The van der Waals surface area contributed by atoms with Gasteiger partial charge in [-0.3, -0.25) is 4.79 Å². The smallest absolute Gasteiger partial charge is 0.337 e. The minimum absolute atomic E-state index is 0.0255. The van der Waals surface area contributed by atoms with Crippen molar-refractivity contribution in [2.24, 2.45) is 0 Å². The Morgan fingerprint density at radius 2 is 2.05 bits per heavy atom. The standard InChI is InChI=1S/C15H23N3O3/c1-4-10(3)18-13(19)5-6-17-11-7-9(2)14(16)12(8-11)15(20)21/h7-8,10,17H,4-6,16H2,1-3H3,(H,18,19)(H,20,21). The third-order valence-corrected chi connectivity index (χ3v) is 3.32. The molecule has 0 fully saturated rings. The van der Waals surface area contributed by atoms with Crippen molar-refractivity contribution >= 4 is 23.3 Å². The first-order valence-electron chi connectivity index (χ1n) is 7.01. The van der Waals surface area contributed by atoms with Crippen molar-refractivity contribution in [2.75, 3.05) is 17.6 Å². The largest absolute Gasteiger partial charge is 0.478 e. The lowest BCUT2D eigenvalue weighted by atomic mass is 10.1. The van der Waals surface area contributed by atoms with Gasteiger partial charge < -0.3 is 21.5 Å². The molecule has 1 aromatic rings. The van der Waals surface area contributed by atoms with Gasteiger partial charge in [-0.1, -0.05) is 6.92 Å². The number of hydrogen-bond donors (Lipinski definition) is 4. The zero-order chi connectivity index (χ0) is 16.0. The summed E-state index contributed by atoms with van der Waals surface area (Å²) >= 11 is 0. The predicted octanol–water partition coefficient (Wildman–Crippen LogP) is 1.99. The molecule has 1 amide bonds. The lowest BCUT2D eigenvalue weighted by Crippen LogP contribution is -2.32. The molecule has 1 aromatic carbocycles. The van der Waals surface area contributed by atoms with Crippen LogP contribution in [0.2, 0.25) is 0 Å². The van der Waals surface area contributed by atoms with Crippen molar-refractivity contribution in [2.45, 2.75) is 39.7 Å². The van der Waals surface area contributed by atoms with Crippen LogP contribution in [0.15, 0.2) is 12.1 Å². The van der Waals surface area contributed by atoms with E-state index in [1.807, 2.05) is 13.8 Å². The minimum Gasteiger partial charge on any atom is -0.478 e. The number of nitrogens with two attached hydrogens (primary N) is 1. The molecule has 116 valence electrons. The van der Waals surface area contributed by atoms with Crippen LogP contribution in [0.5, 0.6) is 0 Å². The van der Waals surface area contributed by atoms with Crippen LogP contribution in [0.4, 0.5) is 11.4 Å². The Bertz CT molecular complexity index is 529. The Hall–Kier alpha value is -2.24. The van der Waals surface area contributed by atoms with E-state index in [9.17, 15) is 9.59 Å². The molecule has 0 spiro atoms. The normalized spacial score (nSPS) is 11.8. The SMILES string of the molecule is CCC(C)NC(=O)CCNc1cc(C)c(N)c(C(=O)O)c1. The van der Waals surface area contributed by atoms with Crippen LogP contribution in [0.1, 0.15) is 42.6 Å². The van der Waals surface area contributed by atoms with E-state index in [-0.39, 0.29) is 23.2 Å². The molecule has 0 aromatic heterocycles. The number of rotatable bonds is 7. The van der Waals surface area contributed by atoms with Crippen molar-refractivity contribution in [3.05, 3.63) is 23.3 Å². The number of nitrogen functional groups attached to an aromatic ring is 1. The van der Waals surface area contributed by atoms with Crippen LogP contribution < -0.4 is 16.4 Å². The van der Waals surface area contributed by atoms with Gasteiger partial charge in [0, 0.05) is 30.4 Å². The summed E-state index contributed by atoms with van der Waals surface area (Å²) in [7, 11) is 0. The molecule has 1 unspecified atom stereocenters. The van der Waals surface area contributed by atoms with Crippen LogP contribution in [0.25, 0.3) is 0 Å². The Labute approximate surface area is 124 Å². The Morgan fingerprint density at radius 3 is 2.62 bits per heavy atom. The Morgan fingerprint density at radius 1 is 1.38 bits per heavy atom. The molecule has 6 nitrogen and oxygen atoms in total. The number of nitrogens with one attached hydrogen (secondary N) is 2. The molecule has 0 radical (unpaired) electrons. The maximum Gasteiger partial charge on any atom is 0.337 e. The lowest BCUT2D eigenvalue weighted by molar-refractivity contribution is -0.121. The molecule has 1 rings (SSSR count). The summed E-state index contributed by atoms with van der Waals surface area (Å²) in [5.41, 5.74) is 7.41. The van der Waals surface area contributed by atoms with Gasteiger partial charge in [0.1, 0.15) is 0 Å². The molecule has 0 aliphatic carbocycles. The van der Waals surface area contributed by atoms with E-state index < -0.39 is 5.97 Å². The summed E-state index contributed by atoms with van der Waals surface area (Å²) in [5, 5.41) is 15.0. The number of amides is 1. The molecule has 0 bridgehead atoms. The summed E-state index contributed by atoms with van der Waals surface area (Å²) < 4.78 is 0. The second kappa shape index (κ2) is 7.52. The second-order valence-electron chi connectivity index (χ2n) is 5.11. The highest BCUT2D eigenvalue weighted by Gasteiger charge is 2.12. The van der Waals surface area contributed by atoms with Gasteiger partial charge in [-0.15, -0.1) is 0 Å². The van der Waals surface area contributed by atoms with Gasteiger partial charge in [0.2, 0.25) is 5.91 Å². The maximum atomic E-state index is 11.6. The number of carboxylic acid groups (broad SMARTS) is 1. The van der Waals surface area contributed by atoms with E-state index in [4.69, 9.17) is 10.8 Å². The molecule has 6 heteroatoms. The van der Waals surface area contributed by atoms with Crippen molar-refractivity contribution in [1.29, 1.82) is 0 Å². The zero-order valence-electron chi connectivity index (χ0n) is 12.7. The molecular weight excluding hydrogens is 270 g/mol. The molecule has 21 heavy (non-hydrogen) atoms. The highest BCUT2D eigenvalue weighted by atomic mass is 16.4. The number of hydrogen-bond acceptors (Lipinski definition) is 4. The van der Waals surface area contributed by atoms with Gasteiger partial charge in [-0.25, -0.2) is 4.79 Å². The van der Waals surface area contributed by atoms with Crippen LogP contribution in [0, 0.1) is 6.92 Å². The molecule has 1 atom stereocenters. The average Bonchev–Trinajstić information content (AvgIpc) is 2.41. The van der Waals surface area contributed by atoms with Crippen LogP contribution in [-0.4, -0.2) is 29.6 Å². The lowest BCUT2D eigenvalue weighted by Gasteiger charge is -2.13. The number of anilines is 2. The molecule has 0 aliphatic heterocycles. The van der Waals surface area contributed by atoms with E-state index in [1.165, 1.54) is 6.07 Å². The summed E-state index contributed by atoms with van der Waals surface area (Å²) in [6, 6.07) is 3.42. The van der Waals surface area contributed by atoms with E-state index in [0.29, 0.717) is 24.2 Å². The van der Waals surface area contributed by atoms with Crippen LogP contribution in [-0.2, 0) is 4.79 Å². The fraction of sp³-hybridized carbons (Fsp3) is 0.467. The third kappa shape index (κ3) is 4.98. The molecule has 0 heterocycles. The minimum atomic E-state index is -1.06. The number of carbonyl (C=O) groups excluding carboxylic acids is 1. The Kier molecular flexibility index (Phi) is 6.02. The average molecular weight is 293 g/mol. The molecular formula is C15H23N3O3. The van der Waals surface area contributed by atoms with E-state index in [2.05, 4.69) is 10.6 Å². The first-order valence-corrected chi connectivity index (χ1v) is 7.01. The summed E-state index contributed by atoms with van der Waals surface area (Å²) in [6.45, 7) is 6.15. The topological polar surface area (TPSA) is 104 Å². The first-order chi connectivity index (χ1) is 9.85. The number of carboxylic acids is 1. The number of aryl methyl sites for hydroxylation is 1. The van der Waals surface area contributed by atoms with Gasteiger partial charge in [-0.2, -0.15) is 0 Å². The Balaban J connectivity index is 2.60. The van der Waals surface area contributed by atoms with Crippen molar-refractivity contribution in [3.63, 3.8) is 0 Å². The van der Waals surface area contributed by atoms with Crippen molar-refractivity contribution < 1.29 is 14.7 Å². The molecule has 0 saturated heterocycles. The maximum absolute atomic E-state index is 11.6. The van der Waals surface area contributed by atoms with E-state index in [1.54, 1.807) is 13.0 Å². The van der Waals surface area contributed by atoms with Gasteiger partial charge in [0.15, 0.2) is 0 Å². The number of aromatic carboxylic acids is 1. The molecule has 0 aliphatic rings. The highest BCUT2D eigenvalue weighted by molar-refractivity contribution is 5.95. The molecule has 0 saturated carbocycles. The van der Waals surface area contributed by atoms with Crippen molar-refractivity contribution in [1.82, 2.24) is 5.32 Å². The number of carbonyl (C=O) groups is 2. The monoisotopic (exact) mass is 293 g/mol. The number of benzene rings is 1. The fourth-order valence-corrected chi connectivity index (χ4v) is 1.85. The third-order valence-electron chi connectivity index (χ3n) is 3.32. The van der Waals surface area contributed by atoms with Crippen LogP contribution in [0.3, 0.4) is 0 Å². The predicted molar refractivity (Wildman–Crippen MR) is 83.6 cm³/mol. The fourth-order valence-electron chi connectivity index (χ4n) is 1.85. The summed E-state index contributed by atoms with van der Waals surface area (Å²) in [4.78, 5) is 22.7. The van der Waals surface area contributed by atoms with Crippen molar-refractivity contribution in [3.8, 4) is 0 Å². The van der Waals surface area contributed by atoms with Crippen LogP contribution >= 0.6 is 0 Å².